The van der Waals surface area contributed by atoms with Gasteiger partial charge in [-0.05, 0) is 17.7 Å². The third-order valence-corrected chi connectivity index (χ3v) is 3.05. The molecule has 5 heteroatoms. The number of nitrogens with zero attached hydrogens (tertiary/aromatic N) is 1. The molecule has 0 bridgehead atoms. The number of carbonyl (C=O) groups is 2. The van der Waals surface area contributed by atoms with Crippen LogP contribution in [-0.4, -0.2) is 23.5 Å². The second kappa shape index (κ2) is 6.67. The summed E-state index contributed by atoms with van der Waals surface area (Å²) in [7, 11) is 0. The fraction of sp³-hybridized carbons (Fsp3) is 0.125. The smallest absolute Gasteiger partial charge is 0.323 e. The molecule has 1 atom stereocenters. The van der Waals surface area contributed by atoms with Crippen molar-refractivity contribution in [1.29, 1.82) is 0 Å². The Morgan fingerprint density at radius 2 is 1.52 bits per heavy atom. The lowest BCUT2D eigenvalue weighted by molar-refractivity contribution is -0.136. The van der Waals surface area contributed by atoms with Gasteiger partial charge in [0.05, 0.1) is 0 Å². The largest absolute Gasteiger partial charge is 0.480 e. The molecule has 2 aromatic rings. The SMILES string of the molecule is N[C@@H](C(=O)N(CC(=O)O)c1ccccc1)c1ccccc1. The summed E-state index contributed by atoms with van der Waals surface area (Å²) in [6.45, 7) is -0.427. The molecule has 0 aromatic heterocycles. The summed E-state index contributed by atoms with van der Waals surface area (Å²) in [6.07, 6.45) is 0. The van der Waals surface area contributed by atoms with Gasteiger partial charge >= 0.3 is 5.97 Å². The van der Waals surface area contributed by atoms with E-state index in [0.717, 1.165) is 0 Å². The highest BCUT2D eigenvalue weighted by molar-refractivity contribution is 6.00. The van der Waals surface area contributed by atoms with Crippen LogP contribution in [0.1, 0.15) is 11.6 Å². The molecular weight excluding hydrogens is 268 g/mol. The molecule has 1 amide bonds. The minimum absolute atomic E-state index is 0.427. The summed E-state index contributed by atoms with van der Waals surface area (Å²) in [5.41, 5.74) is 7.13. The molecule has 0 spiro atoms. The number of rotatable bonds is 5. The molecule has 3 N–H and O–H groups in total. The van der Waals surface area contributed by atoms with Crippen LogP contribution in [-0.2, 0) is 9.59 Å². The van der Waals surface area contributed by atoms with Crippen molar-refractivity contribution in [2.75, 3.05) is 11.4 Å². The van der Waals surface area contributed by atoms with Crippen LogP contribution < -0.4 is 10.6 Å². The molecule has 108 valence electrons. The van der Waals surface area contributed by atoms with Gasteiger partial charge < -0.3 is 10.8 Å². The molecule has 0 aliphatic heterocycles. The van der Waals surface area contributed by atoms with Crippen molar-refractivity contribution in [3.63, 3.8) is 0 Å². The van der Waals surface area contributed by atoms with Gasteiger partial charge in [0, 0.05) is 5.69 Å². The lowest BCUT2D eigenvalue weighted by Gasteiger charge is -2.24. The Morgan fingerprint density at radius 3 is 2.05 bits per heavy atom. The molecule has 0 radical (unpaired) electrons. The molecule has 0 aliphatic rings. The molecule has 0 fully saturated rings. The van der Waals surface area contributed by atoms with Crippen molar-refractivity contribution in [3.05, 3.63) is 66.2 Å². The van der Waals surface area contributed by atoms with Crippen molar-refractivity contribution >= 4 is 17.6 Å². The number of carboxylic acids is 1. The first-order chi connectivity index (χ1) is 10.1. The molecule has 5 nitrogen and oxygen atoms in total. The van der Waals surface area contributed by atoms with E-state index in [4.69, 9.17) is 10.8 Å². The summed E-state index contributed by atoms with van der Waals surface area (Å²) in [6, 6.07) is 16.6. The van der Waals surface area contributed by atoms with E-state index in [-0.39, 0.29) is 0 Å². The fourth-order valence-corrected chi connectivity index (χ4v) is 2.01. The van der Waals surface area contributed by atoms with Crippen molar-refractivity contribution in [1.82, 2.24) is 0 Å². The third-order valence-electron chi connectivity index (χ3n) is 3.05. The number of carbonyl (C=O) groups excluding carboxylic acids is 1. The van der Waals surface area contributed by atoms with Gasteiger partial charge in [-0.15, -0.1) is 0 Å². The van der Waals surface area contributed by atoms with Crippen LogP contribution in [0.5, 0.6) is 0 Å². The highest BCUT2D eigenvalue weighted by Gasteiger charge is 2.25. The van der Waals surface area contributed by atoms with Crippen LogP contribution in [0.3, 0.4) is 0 Å². The average Bonchev–Trinajstić information content (AvgIpc) is 2.53. The van der Waals surface area contributed by atoms with Gasteiger partial charge in [0.15, 0.2) is 0 Å². The second-order valence-electron chi connectivity index (χ2n) is 4.54. The van der Waals surface area contributed by atoms with Gasteiger partial charge in [0.2, 0.25) is 5.91 Å². The molecule has 0 aliphatic carbocycles. The quantitative estimate of drug-likeness (QED) is 0.877. The molecule has 21 heavy (non-hydrogen) atoms. The van der Waals surface area contributed by atoms with Crippen molar-refractivity contribution in [2.24, 2.45) is 5.73 Å². The van der Waals surface area contributed by atoms with E-state index in [1.165, 1.54) is 4.90 Å². The van der Waals surface area contributed by atoms with Gasteiger partial charge in [0.1, 0.15) is 12.6 Å². The van der Waals surface area contributed by atoms with Crippen LogP contribution in [0.15, 0.2) is 60.7 Å². The Balaban J connectivity index is 2.28. The first kappa shape index (κ1) is 14.7. The number of anilines is 1. The molecular formula is C16H16N2O3. The second-order valence-corrected chi connectivity index (χ2v) is 4.54. The normalized spacial score (nSPS) is 11.7. The Bertz CT molecular complexity index is 614. The fourth-order valence-electron chi connectivity index (χ4n) is 2.01. The maximum atomic E-state index is 12.5. The summed E-state index contributed by atoms with van der Waals surface area (Å²) >= 11 is 0. The lowest BCUT2D eigenvalue weighted by Crippen LogP contribution is -2.41. The number of benzene rings is 2. The minimum atomic E-state index is -1.09. The van der Waals surface area contributed by atoms with Gasteiger partial charge in [-0.3, -0.25) is 14.5 Å². The topological polar surface area (TPSA) is 83.6 Å². The monoisotopic (exact) mass is 284 g/mol. The van der Waals surface area contributed by atoms with Gasteiger partial charge in [-0.25, -0.2) is 0 Å². The molecule has 0 unspecified atom stereocenters. The van der Waals surface area contributed by atoms with E-state index in [2.05, 4.69) is 0 Å². The van der Waals surface area contributed by atoms with E-state index >= 15 is 0 Å². The highest BCUT2D eigenvalue weighted by Crippen LogP contribution is 2.19. The van der Waals surface area contributed by atoms with Crippen molar-refractivity contribution in [3.8, 4) is 0 Å². The molecule has 0 saturated heterocycles. The van der Waals surface area contributed by atoms with Crippen molar-refractivity contribution < 1.29 is 14.7 Å². The molecule has 0 heterocycles. The maximum Gasteiger partial charge on any atom is 0.323 e. The summed E-state index contributed by atoms with van der Waals surface area (Å²) in [5.74, 6) is -1.54. The first-order valence-corrected chi connectivity index (χ1v) is 6.48. The predicted octanol–water partition coefficient (Wildman–Crippen LogP) is 1.80. The zero-order chi connectivity index (χ0) is 15.2. The van der Waals surface area contributed by atoms with Crippen LogP contribution in [0, 0.1) is 0 Å². The number of para-hydroxylation sites is 1. The zero-order valence-electron chi connectivity index (χ0n) is 11.3. The highest BCUT2D eigenvalue weighted by atomic mass is 16.4. The average molecular weight is 284 g/mol. The zero-order valence-corrected chi connectivity index (χ0v) is 11.3. The van der Waals surface area contributed by atoms with E-state index in [1.54, 1.807) is 54.6 Å². The first-order valence-electron chi connectivity index (χ1n) is 6.48. The number of aliphatic carboxylic acids is 1. The van der Waals surface area contributed by atoms with E-state index in [1.807, 2.05) is 6.07 Å². The Hall–Kier alpha value is -2.66. The van der Waals surface area contributed by atoms with Crippen molar-refractivity contribution in [2.45, 2.75) is 6.04 Å². The number of hydrogen-bond acceptors (Lipinski definition) is 3. The molecule has 2 rings (SSSR count). The van der Waals surface area contributed by atoms with Crippen LogP contribution in [0.2, 0.25) is 0 Å². The third kappa shape index (κ3) is 3.67. The maximum absolute atomic E-state index is 12.5. The van der Waals surface area contributed by atoms with Crippen LogP contribution >= 0.6 is 0 Å². The molecule has 2 aromatic carbocycles. The number of amides is 1. The van der Waals surface area contributed by atoms with Crippen LogP contribution in [0.25, 0.3) is 0 Å². The van der Waals surface area contributed by atoms with Gasteiger partial charge in [-0.2, -0.15) is 0 Å². The number of carboxylic acid groups (broad SMARTS) is 1. The van der Waals surface area contributed by atoms with Gasteiger partial charge in [-0.1, -0.05) is 48.5 Å². The van der Waals surface area contributed by atoms with E-state index in [9.17, 15) is 9.59 Å². The predicted molar refractivity (Wildman–Crippen MR) is 79.8 cm³/mol. The lowest BCUT2D eigenvalue weighted by atomic mass is 10.1. The molecule has 0 saturated carbocycles. The minimum Gasteiger partial charge on any atom is -0.480 e. The Labute approximate surface area is 122 Å². The number of nitrogens with two attached hydrogens (primary N) is 1. The summed E-state index contributed by atoms with van der Waals surface area (Å²) < 4.78 is 0. The van der Waals surface area contributed by atoms with Gasteiger partial charge in [0.25, 0.3) is 0 Å². The Morgan fingerprint density at radius 1 is 1.00 bits per heavy atom. The Kier molecular flexibility index (Phi) is 4.68. The summed E-state index contributed by atoms with van der Waals surface area (Å²) in [4.78, 5) is 24.7. The summed E-state index contributed by atoms with van der Waals surface area (Å²) in [5, 5.41) is 9.01. The van der Waals surface area contributed by atoms with E-state index in [0.29, 0.717) is 11.3 Å². The number of hydrogen-bond donors (Lipinski definition) is 2. The van der Waals surface area contributed by atoms with Crippen LogP contribution in [0.4, 0.5) is 5.69 Å². The standard InChI is InChI=1S/C16H16N2O3/c17-15(12-7-3-1-4-8-12)16(21)18(11-14(19)20)13-9-5-2-6-10-13/h1-10,15H,11,17H2,(H,19,20)/t15-/m1/s1. The van der Waals surface area contributed by atoms with E-state index < -0.39 is 24.5 Å².